The summed E-state index contributed by atoms with van der Waals surface area (Å²) in [5.41, 5.74) is 0.748. The second kappa shape index (κ2) is 8.36. The molecule has 0 aliphatic heterocycles. The third-order valence-corrected chi connectivity index (χ3v) is 2.77. The summed E-state index contributed by atoms with van der Waals surface area (Å²) in [6.07, 6.45) is 3.51. The molecule has 0 fully saturated rings. The summed E-state index contributed by atoms with van der Waals surface area (Å²) in [5, 5.41) is 0. The van der Waals surface area contributed by atoms with E-state index in [-0.39, 0.29) is 12.1 Å². The molecule has 0 bridgehead atoms. The molecule has 0 rings (SSSR count). The van der Waals surface area contributed by atoms with Crippen molar-refractivity contribution in [2.75, 3.05) is 6.61 Å². The van der Waals surface area contributed by atoms with Gasteiger partial charge >= 0.3 is 5.97 Å². The van der Waals surface area contributed by atoms with Crippen molar-refractivity contribution in [1.82, 2.24) is 0 Å². The Balaban J connectivity index is 4.31. The van der Waals surface area contributed by atoms with Crippen LogP contribution in [0, 0.1) is 5.92 Å². The maximum atomic E-state index is 11.4. The van der Waals surface area contributed by atoms with E-state index in [2.05, 4.69) is 26.8 Å². The summed E-state index contributed by atoms with van der Waals surface area (Å²) >= 11 is 0. The van der Waals surface area contributed by atoms with E-state index in [9.17, 15) is 4.79 Å². The molecule has 112 valence electrons. The average molecular weight is 270 g/mol. The van der Waals surface area contributed by atoms with Gasteiger partial charge in [0.25, 0.3) is 0 Å². The highest BCUT2D eigenvalue weighted by Crippen LogP contribution is 2.18. The van der Waals surface area contributed by atoms with Gasteiger partial charge in [0, 0.05) is 6.42 Å². The van der Waals surface area contributed by atoms with Gasteiger partial charge in [-0.25, -0.2) is 0 Å². The zero-order valence-corrected chi connectivity index (χ0v) is 13.6. The van der Waals surface area contributed by atoms with Crippen molar-refractivity contribution in [3.05, 3.63) is 11.6 Å². The van der Waals surface area contributed by atoms with Gasteiger partial charge in [-0.15, -0.1) is 0 Å². The van der Waals surface area contributed by atoms with Gasteiger partial charge in [0.05, 0.1) is 11.7 Å². The Labute approximate surface area is 118 Å². The Morgan fingerprint density at radius 1 is 1.26 bits per heavy atom. The fourth-order valence-corrected chi connectivity index (χ4v) is 1.80. The molecule has 0 N–H and O–H groups in total. The monoisotopic (exact) mass is 270 g/mol. The fourth-order valence-electron chi connectivity index (χ4n) is 1.80. The predicted octanol–water partition coefficient (Wildman–Crippen LogP) is 4.12. The number of carbonyl (C=O) groups excluding carboxylic acids is 1. The molecule has 1 atom stereocenters. The second-order valence-electron chi connectivity index (χ2n) is 6.09. The molecule has 0 saturated heterocycles. The third kappa shape index (κ3) is 8.82. The van der Waals surface area contributed by atoms with E-state index in [4.69, 9.17) is 9.47 Å². The lowest BCUT2D eigenvalue weighted by molar-refractivity contribution is -0.155. The zero-order chi connectivity index (χ0) is 15.1. The van der Waals surface area contributed by atoms with Crippen molar-refractivity contribution < 1.29 is 14.3 Å². The second-order valence-corrected chi connectivity index (χ2v) is 6.09. The lowest BCUT2D eigenvalue weighted by atomic mass is 10.1. The first kappa shape index (κ1) is 18.2. The standard InChI is InChI=1S/C16H30O3/c1-8-9-15(17)18-11-16(6,7)19-14(5)13(4)10-12(2)3/h10,12,14H,8-9,11H2,1-7H3. The van der Waals surface area contributed by atoms with Gasteiger partial charge in [0.15, 0.2) is 0 Å². The Hall–Kier alpha value is -0.830. The van der Waals surface area contributed by atoms with Gasteiger partial charge in [-0.05, 0) is 45.6 Å². The van der Waals surface area contributed by atoms with Crippen LogP contribution in [0.25, 0.3) is 0 Å². The minimum Gasteiger partial charge on any atom is -0.463 e. The number of esters is 1. The van der Waals surface area contributed by atoms with Crippen LogP contribution < -0.4 is 0 Å². The van der Waals surface area contributed by atoms with Crippen molar-refractivity contribution in [3.63, 3.8) is 0 Å². The summed E-state index contributed by atoms with van der Waals surface area (Å²) in [6.45, 7) is 14.6. The Morgan fingerprint density at radius 3 is 2.32 bits per heavy atom. The molecule has 1 unspecified atom stereocenters. The minimum atomic E-state index is -0.463. The van der Waals surface area contributed by atoms with E-state index < -0.39 is 5.60 Å². The number of hydrogen-bond acceptors (Lipinski definition) is 3. The Bertz CT molecular complexity index is 303. The van der Waals surface area contributed by atoms with E-state index in [1.165, 1.54) is 5.57 Å². The topological polar surface area (TPSA) is 35.5 Å². The largest absolute Gasteiger partial charge is 0.463 e. The SMILES string of the molecule is CCCC(=O)OCC(C)(C)OC(C)C(C)=CC(C)C. The van der Waals surface area contributed by atoms with E-state index >= 15 is 0 Å². The number of rotatable bonds is 8. The summed E-state index contributed by atoms with van der Waals surface area (Å²) < 4.78 is 11.2. The van der Waals surface area contributed by atoms with Crippen molar-refractivity contribution in [2.45, 2.75) is 73.0 Å². The molecule has 0 heterocycles. The Morgan fingerprint density at radius 2 is 1.84 bits per heavy atom. The van der Waals surface area contributed by atoms with Crippen LogP contribution in [0.5, 0.6) is 0 Å². The third-order valence-electron chi connectivity index (χ3n) is 2.77. The molecule has 0 amide bonds. The smallest absolute Gasteiger partial charge is 0.305 e. The molecule has 0 aliphatic carbocycles. The van der Waals surface area contributed by atoms with Crippen LogP contribution in [0.2, 0.25) is 0 Å². The summed E-state index contributed by atoms with van der Waals surface area (Å²) in [4.78, 5) is 11.4. The number of allylic oxidation sites excluding steroid dienone is 1. The van der Waals surface area contributed by atoms with Gasteiger partial charge in [0.2, 0.25) is 0 Å². The summed E-state index contributed by atoms with van der Waals surface area (Å²) in [6, 6.07) is 0. The van der Waals surface area contributed by atoms with Crippen molar-refractivity contribution in [3.8, 4) is 0 Å². The quantitative estimate of drug-likeness (QED) is 0.492. The molecule has 0 saturated carbocycles. The molecule has 0 spiro atoms. The highest BCUT2D eigenvalue weighted by atomic mass is 16.6. The first-order valence-corrected chi connectivity index (χ1v) is 7.19. The molecule has 19 heavy (non-hydrogen) atoms. The molecular formula is C16H30O3. The van der Waals surface area contributed by atoms with Gasteiger partial charge in [-0.3, -0.25) is 4.79 Å². The van der Waals surface area contributed by atoms with E-state index in [1.807, 2.05) is 27.7 Å². The molecular weight excluding hydrogens is 240 g/mol. The number of ether oxygens (including phenoxy) is 2. The number of hydrogen-bond donors (Lipinski definition) is 0. The maximum absolute atomic E-state index is 11.4. The van der Waals surface area contributed by atoms with Gasteiger partial charge in [-0.2, -0.15) is 0 Å². The van der Waals surface area contributed by atoms with Gasteiger partial charge in [0.1, 0.15) is 6.61 Å². The first-order chi connectivity index (χ1) is 8.68. The molecule has 0 aliphatic rings. The van der Waals surface area contributed by atoms with Crippen LogP contribution in [-0.2, 0) is 14.3 Å². The maximum Gasteiger partial charge on any atom is 0.305 e. The van der Waals surface area contributed by atoms with Crippen molar-refractivity contribution >= 4 is 5.97 Å². The summed E-state index contributed by atoms with van der Waals surface area (Å²) in [7, 11) is 0. The van der Waals surface area contributed by atoms with Gasteiger partial charge in [-0.1, -0.05) is 26.8 Å². The van der Waals surface area contributed by atoms with Gasteiger partial charge < -0.3 is 9.47 Å². The van der Waals surface area contributed by atoms with Crippen LogP contribution in [0.4, 0.5) is 0 Å². The van der Waals surface area contributed by atoms with Crippen LogP contribution >= 0.6 is 0 Å². The van der Waals surface area contributed by atoms with E-state index in [0.29, 0.717) is 18.9 Å². The van der Waals surface area contributed by atoms with Crippen LogP contribution in [0.15, 0.2) is 11.6 Å². The zero-order valence-electron chi connectivity index (χ0n) is 13.6. The fraction of sp³-hybridized carbons (Fsp3) is 0.812. The molecule has 0 aromatic rings. The molecule has 0 aromatic carbocycles. The normalized spacial score (nSPS) is 14.6. The molecule has 3 nitrogen and oxygen atoms in total. The molecule has 0 aromatic heterocycles. The highest BCUT2D eigenvalue weighted by molar-refractivity contribution is 5.69. The average Bonchev–Trinajstić information content (AvgIpc) is 2.25. The lowest BCUT2D eigenvalue weighted by Crippen LogP contribution is -2.35. The molecule has 3 heteroatoms. The Kier molecular flexibility index (Phi) is 8.00. The van der Waals surface area contributed by atoms with Crippen LogP contribution in [0.3, 0.4) is 0 Å². The summed E-state index contributed by atoms with van der Waals surface area (Å²) in [5.74, 6) is 0.359. The minimum absolute atomic E-state index is 0.0299. The number of carbonyl (C=O) groups is 1. The van der Waals surface area contributed by atoms with Crippen LogP contribution in [-0.4, -0.2) is 24.3 Å². The predicted molar refractivity (Wildman–Crippen MR) is 79.1 cm³/mol. The van der Waals surface area contributed by atoms with Crippen molar-refractivity contribution in [1.29, 1.82) is 0 Å². The van der Waals surface area contributed by atoms with E-state index in [1.54, 1.807) is 0 Å². The molecule has 0 radical (unpaired) electrons. The lowest BCUT2D eigenvalue weighted by Gasteiger charge is -2.29. The van der Waals surface area contributed by atoms with E-state index in [0.717, 1.165) is 6.42 Å². The first-order valence-electron chi connectivity index (χ1n) is 7.19. The van der Waals surface area contributed by atoms with Crippen LogP contribution in [0.1, 0.15) is 61.3 Å². The highest BCUT2D eigenvalue weighted by Gasteiger charge is 2.24. The van der Waals surface area contributed by atoms with Crippen molar-refractivity contribution in [2.24, 2.45) is 5.92 Å².